The molecule has 0 aliphatic rings. The fourth-order valence-electron chi connectivity index (χ4n) is 1.28. The molecule has 0 fully saturated rings. The number of amides is 1. The standard InChI is InChI=1S/C8H10N8O3S2/c1-2-20-8-12-11-7(21-8)10-6(17)3-14-5-15(4-9-14)13-16(18)19/h4-5H,2-3H2,1H3,(H,10,11,17). The molecule has 0 saturated heterocycles. The third-order valence-electron chi connectivity index (χ3n) is 1.97. The van der Waals surface area contributed by atoms with Crippen LogP contribution in [0.1, 0.15) is 6.92 Å². The van der Waals surface area contributed by atoms with Crippen molar-refractivity contribution in [3.05, 3.63) is 28.3 Å². The van der Waals surface area contributed by atoms with E-state index in [0.717, 1.165) is 21.1 Å². The van der Waals surface area contributed by atoms with Gasteiger partial charge in [0.05, 0.1) is 0 Å². The fraction of sp³-hybridized carbons (Fsp3) is 0.375. The van der Waals surface area contributed by atoms with Crippen molar-refractivity contribution in [2.24, 2.45) is 0 Å². The maximum atomic E-state index is 11.8. The third-order valence-corrected chi connectivity index (χ3v) is 3.83. The van der Waals surface area contributed by atoms with Crippen molar-refractivity contribution in [2.45, 2.75) is 17.8 Å². The van der Waals surface area contributed by atoms with Gasteiger partial charge < -0.3 is 10.1 Å². The van der Waals surface area contributed by atoms with Gasteiger partial charge in [-0.2, -0.15) is 0 Å². The largest absolute Gasteiger partial charge is 0.373 e. The molecule has 0 bridgehead atoms. The summed E-state index contributed by atoms with van der Waals surface area (Å²) in [5.41, 5.74) is 3.00. The van der Waals surface area contributed by atoms with Gasteiger partial charge in [-0.05, 0) is 10.4 Å². The fourth-order valence-corrected chi connectivity index (χ4v) is 2.94. The van der Waals surface area contributed by atoms with Crippen molar-refractivity contribution < 1.29 is 14.5 Å². The number of nitro groups is 1. The van der Waals surface area contributed by atoms with Crippen LogP contribution < -0.4 is 9.99 Å². The smallest absolute Gasteiger partial charge is 0.332 e. The van der Waals surface area contributed by atoms with Crippen molar-refractivity contribution in [1.29, 1.82) is 0 Å². The molecule has 0 spiro atoms. The van der Waals surface area contributed by atoms with Crippen molar-refractivity contribution in [3.8, 4) is 0 Å². The Labute approximate surface area is 126 Å². The Morgan fingerprint density at radius 2 is 2.48 bits per heavy atom. The molecule has 0 aliphatic carbocycles. The molecule has 0 unspecified atom stereocenters. The predicted octanol–water partition coefficient (Wildman–Crippen LogP) is 0.101. The molecule has 2 rings (SSSR count). The molecular weight excluding hydrogens is 320 g/mol. The van der Waals surface area contributed by atoms with Crippen LogP contribution >= 0.6 is 23.1 Å². The Kier molecular flexibility index (Phi) is 4.99. The first-order valence-corrected chi connectivity index (χ1v) is 7.43. The average Bonchev–Trinajstić information content (AvgIpc) is 2.99. The number of thioether (sulfide) groups is 1. The van der Waals surface area contributed by atoms with Crippen LogP contribution in [0.25, 0.3) is 5.53 Å². The molecule has 1 N–H and O–H groups in total. The molecule has 0 aromatic carbocycles. The first-order chi connectivity index (χ1) is 10.1. The van der Waals surface area contributed by atoms with E-state index in [1.54, 1.807) is 0 Å². The first-order valence-electron chi connectivity index (χ1n) is 5.63. The van der Waals surface area contributed by atoms with Crippen LogP contribution in [-0.2, 0) is 11.3 Å². The highest BCUT2D eigenvalue weighted by Gasteiger charge is 2.15. The Hall–Kier alpha value is -2.28. The lowest BCUT2D eigenvalue weighted by molar-refractivity contribution is -0.738. The minimum absolute atomic E-state index is 0.115. The molecule has 1 amide bonds. The van der Waals surface area contributed by atoms with Crippen LogP contribution in [0, 0.1) is 10.1 Å². The molecule has 0 atom stereocenters. The predicted molar refractivity (Wildman–Crippen MR) is 73.1 cm³/mol. The van der Waals surface area contributed by atoms with Crippen molar-refractivity contribution in [3.63, 3.8) is 0 Å². The van der Waals surface area contributed by atoms with Gasteiger partial charge >= 0.3 is 6.33 Å². The zero-order chi connectivity index (χ0) is 15.2. The minimum Gasteiger partial charge on any atom is -0.373 e. The van der Waals surface area contributed by atoms with E-state index in [2.05, 4.69) is 26.1 Å². The lowest BCUT2D eigenvalue weighted by Gasteiger charge is -2.07. The molecule has 0 radical (unpaired) electrons. The summed E-state index contributed by atoms with van der Waals surface area (Å²) in [5.74, 6) is 0.506. The van der Waals surface area contributed by atoms with Crippen LogP contribution in [0.5, 0.6) is 0 Å². The Balaban J connectivity index is 1.88. The van der Waals surface area contributed by atoms with E-state index < -0.39 is 5.03 Å². The number of nitrogens with one attached hydrogen (secondary N) is 1. The molecule has 2 aromatic heterocycles. The number of carbonyl (C=O) groups is 1. The summed E-state index contributed by atoms with van der Waals surface area (Å²) in [6.45, 7) is 1.88. The van der Waals surface area contributed by atoms with Gasteiger partial charge in [-0.15, -0.1) is 15.2 Å². The number of nitrogens with zero attached hydrogens (tertiary/aromatic N) is 7. The summed E-state index contributed by atoms with van der Waals surface area (Å²) in [5, 5.41) is 23.8. The van der Waals surface area contributed by atoms with Gasteiger partial charge in [0.15, 0.2) is 4.34 Å². The van der Waals surface area contributed by atoms with Gasteiger partial charge in [0.2, 0.25) is 11.7 Å². The molecule has 13 heteroatoms. The van der Waals surface area contributed by atoms with E-state index in [0.29, 0.717) is 5.13 Å². The summed E-state index contributed by atoms with van der Waals surface area (Å²) < 4.78 is 2.88. The number of aromatic nitrogens is 5. The number of carbonyl (C=O) groups excluding carboxylic acids is 1. The summed E-state index contributed by atoms with van der Waals surface area (Å²) in [6, 6.07) is 0. The number of anilines is 1. The SMILES string of the molecule is CCSc1nnc(NC(=O)Cn2c[n+]([N-][N+](=O)[O-])cn2)s1. The molecule has 11 nitrogen and oxygen atoms in total. The normalized spacial score (nSPS) is 10.3. The van der Waals surface area contributed by atoms with Crippen molar-refractivity contribution in [2.75, 3.05) is 11.1 Å². The van der Waals surface area contributed by atoms with E-state index in [1.165, 1.54) is 34.1 Å². The van der Waals surface area contributed by atoms with Gasteiger partial charge in [-0.25, -0.2) is 4.68 Å². The lowest BCUT2D eigenvalue weighted by atomic mass is 10.6. The summed E-state index contributed by atoms with van der Waals surface area (Å²) >= 11 is 2.81. The first kappa shape index (κ1) is 15.1. The van der Waals surface area contributed by atoms with E-state index in [-0.39, 0.29) is 12.5 Å². The summed E-state index contributed by atoms with van der Waals surface area (Å²) in [6.07, 6.45) is 2.35. The second kappa shape index (κ2) is 6.94. The zero-order valence-corrected chi connectivity index (χ0v) is 12.4. The van der Waals surface area contributed by atoms with Crippen molar-refractivity contribution >= 4 is 34.1 Å². The van der Waals surface area contributed by atoms with E-state index in [9.17, 15) is 14.9 Å². The third kappa shape index (κ3) is 4.64. The average molecular weight is 330 g/mol. The lowest BCUT2D eigenvalue weighted by Crippen LogP contribution is -2.29. The Morgan fingerprint density at radius 3 is 3.19 bits per heavy atom. The highest BCUT2D eigenvalue weighted by molar-refractivity contribution is 8.01. The van der Waals surface area contributed by atoms with E-state index in [1.807, 2.05) is 6.92 Å². The van der Waals surface area contributed by atoms with Crippen LogP contribution in [0.4, 0.5) is 5.13 Å². The van der Waals surface area contributed by atoms with Crippen LogP contribution in [0.15, 0.2) is 17.0 Å². The van der Waals surface area contributed by atoms with E-state index >= 15 is 0 Å². The van der Waals surface area contributed by atoms with E-state index in [4.69, 9.17) is 0 Å². The second-order valence-electron chi connectivity index (χ2n) is 3.51. The number of rotatable bonds is 7. The highest BCUT2D eigenvalue weighted by atomic mass is 32.2. The summed E-state index contributed by atoms with van der Waals surface area (Å²) in [4.78, 5) is 21.9. The second-order valence-corrected chi connectivity index (χ2v) is 5.99. The molecule has 2 aromatic rings. The van der Waals surface area contributed by atoms with Crippen LogP contribution in [0.2, 0.25) is 0 Å². The number of hydrogen-bond acceptors (Lipinski definition) is 8. The maximum Gasteiger partial charge on any atom is 0.332 e. The monoisotopic (exact) mass is 330 g/mol. The number of hydrogen-bond donors (Lipinski definition) is 1. The van der Waals surface area contributed by atoms with Gasteiger partial charge in [-0.1, -0.05) is 30.0 Å². The Morgan fingerprint density at radius 1 is 1.67 bits per heavy atom. The minimum atomic E-state index is -0.861. The molecular formula is C8H10N8O3S2. The molecule has 2 heterocycles. The quantitative estimate of drug-likeness (QED) is 0.250. The highest BCUT2D eigenvalue weighted by Crippen LogP contribution is 2.24. The topological polar surface area (TPSA) is 134 Å². The Bertz CT molecular complexity index is 641. The zero-order valence-electron chi connectivity index (χ0n) is 10.7. The summed E-state index contributed by atoms with van der Waals surface area (Å²) in [7, 11) is 0. The van der Waals surface area contributed by atoms with Gasteiger partial charge in [-0.3, -0.25) is 15.6 Å². The molecule has 21 heavy (non-hydrogen) atoms. The molecule has 0 aliphatic heterocycles. The molecule has 112 valence electrons. The maximum absolute atomic E-state index is 11.8. The van der Waals surface area contributed by atoms with Crippen LogP contribution in [0.3, 0.4) is 0 Å². The molecule has 0 saturated carbocycles. The van der Waals surface area contributed by atoms with Gasteiger partial charge in [0.1, 0.15) is 5.10 Å². The van der Waals surface area contributed by atoms with Gasteiger partial charge in [0.25, 0.3) is 12.2 Å². The van der Waals surface area contributed by atoms with Crippen molar-refractivity contribution in [1.82, 2.24) is 20.0 Å². The van der Waals surface area contributed by atoms with Crippen LogP contribution in [-0.4, -0.2) is 36.7 Å². The van der Waals surface area contributed by atoms with Gasteiger partial charge in [0, 0.05) is 0 Å².